The van der Waals surface area contributed by atoms with E-state index >= 15 is 0 Å². The van der Waals surface area contributed by atoms with Gasteiger partial charge < -0.3 is 4.74 Å². The van der Waals surface area contributed by atoms with Gasteiger partial charge in [0.25, 0.3) is 0 Å². The second-order valence-electron chi connectivity index (χ2n) is 7.67. The molecule has 1 aliphatic rings. The molecule has 5 heteroatoms. The zero-order valence-electron chi connectivity index (χ0n) is 16.2. The van der Waals surface area contributed by atoms with Crippen molar-refractivity contribution < 1.29 is 14.5 Å². The summed E-state index contributed by atoms with van der Waals surface area (Å²) in [6, 6.07) is 16.8. The molecular formula is C24H23NO4. The minimum Gasteiger partial charge on any atom is -0.486 e. The van der Waals surface area contributed by atoms with E-state index in [9.17, 15) is 14.9 Å². The lowest BCUT2D eigenvalue weighted by atomic mass is 9.90. The molecule has 0 unspecified atom stereocenters. The zero-order valence-corrected chi connectivity index (χ0v) is 16.2. The summed E-state index contributed by atoms with van der Waals surface area (Å²) >= 11 is 0. The Kier molecular flexibility index (Phi) is 5.56. The van der Waals surface area contributed by atoms with Crippen LogP contribution in [0.5, 0.6) is 5.75 Å². The van der Waals surface area contributed by atoms with E-state index in [0.29, 0.717) is 24.4 Å². The number of hydrogen-bond donors (Lipinski definition) is 0. The van der Waals surface area contributed by atoms with Gasteiger partial charge in [0.15, 0.2) is 0 Å². The molecule has 4 rings (SSSR count). The highest BCUT2D eigenvalue weighted by Gasteiger charge is 2.24. The summed E-state index contributed by atoms with van der Waals surface area (Å²) in [7, 11) is 0. The maximum atomic E-state index is 11.7. The van der Waals surface area contributed by atoms with Crippen molar-refractivity contribution >= 4 is 22.7 Å². The van der Waals surface area contributed by atoms with E-state index in [0.717, 1.165) is 29.2 Å². The molecule has 0 aliphatic heterocycles. The summed E-state index contributed by atoms with van der Waals surface area (Å²) in [5, 5.41) is 13.9. The first-order valence-corrected chi connectivity index (χ1v) is 10.1. The molecule has 0 radical (unpaired) electrons. The number of nitro benzene ring substituents is 1. The van der Waals surface area contributed by atoms with Crippen LogP contribution in [0.4, 0.5) is 5.69 Å². The average molecular weight is 389 g/mol. The molecule has 148 valence electrons. The minimum atomic E-state index is -0.465. The van der Waals surface area contributed by atoms with E-state index in [1.165, 1.54) is 25.3 Å². The predicted octanol–water partition coefficient (Wildman–Crippen LogP) is 6.19. The molecule has 5 nitrogen and oxygen atoms in total. The molecule has 0 aromatic heterocycles. The van der Waals surface area contributed by atoms with Gasteiger partial charge in [-0.3, -0.25) is 14.9 Å². The SMILES string of the molecule is O=Cc1cc(-c2ccc3ccccc3c2)c(OCC2CCCCC2)c([N+](=O)[O-])c1. The Bertz CT molecular complexity index is 1050. The van der Waals surface area contributed by atoms with Gasteiger partial charge in [-0.05, 0) is 47.2 Å². The molecule has 0 amide bonds. The molecule has 3 aromatic carbocycles. The van der Waals surface area contributed by atoms with Crippen molar-refractivity contribution in [2.24, 2.45) is 5.92 Å². The summed E-state index contributed by atoms with van der Waals surface area (Å²) in [4.78, 5) is 22.7. The Morgan fingerprint density at radius 2 is 1.76 bits per heavy atom. The Hall–Kier alpha value is -3.21. The number of carbonyl (C=O) groups is 1. The molecule has 1 fully saturated rings. The van der Waals surface area contributed by atoms with Gasteiger partial charge in [0, 0.05) is 17.2 Å². The van der Waals surface area contributed by atoms with Crippen LogP contribution < -0.4 is 4.74 Å². The van der Waals surface area contributed by atoms with Crippen LogP contribution in [-0.4, -0.2) is 17.8 Å². The molecule has 0 atom stereocenters. The molecule has 0 saturated heterocycles. The van der Waals surface area contributed by atoms with Crippen LogP contribution in [0.25, 0.3) is 21.9 Å². The highest BCUT2D eigenvalue weighted by atomic mass is 16.6. The minimum absolute atomic E-state index is 0.159. The first-order chi connectivity index (χ1) is 14.2. The topological polar surface area (TPSA) is 69.4 Å². The van der Waals surface area contributed by atoms with Crippen molar-refractivity contribution in [3.05, 3.63) is 70.3 Å². The largest absolute Gasteiger partial charge is 0.486 e. The van der Waals surface area contributed by atoms with Gasteiger partial charge >= 0.3 is 5.69 Å². The van der Waals surface area contributed by atoms with Crippen LogP contribution in [-0.2, 0) is 0 Å². The maximum Gasteiger partial charge on any atom is 0.312 e. The maximum absolute atomic E-state index is 11.7. The third kappa shape index (κ3) is 4.14. The third-order valence-corrected chi connectivity index (χ3v) is 5.67. The average Bonchev–Trinajstić information content (AvgIpc) is 2.77. The highest BCUT2D eigenvalue weighted by Crippen LogP contribution is 2.40. The van der Waals surface area contributed by atoms with E-state index in [-0.39, 0.29) is 17.0 Å². The molecular weight excluding hydrogens is 366 g/mol. The monoisotopic (exact) mass is 389 g/mol. The van der Waals surface area contributed by atoms with Crippen molar-refractivity contribution in [2.75, 3.05) is 6.61 Å². The van der Waals surface area contributed by atoms with Crippen LogP contribution >= 0.6 is 0 Å². The van der Waals surface area contributed by atoms with Gasteiger partial charge in [0.05, 0.1) is 11.5 Å². The van der Waals surface area contributed by atoms with Crippen molar-refractivity contribution in [2.45, 2.75) is 32.1 Å². The van der Waals surface area contributed by atoms with E-state index in [4.69, 9.17) is 4.74 Å². The number of nitrogens with zero attached hydrogens (tertiary/aromatic N) is 1. The van der Waals surface area contributed by atoms with Crippen LogP contribution in [0.2, 0.25) is 0 Å². The third-order valence-electron chi connectivity index (χ3n) is 5.67. The van der Waals surface area contributed by atoms with Gasteiger partial charge in [-0.1, -0.05) is 55.7 Å². The van der Waals surface area contributed by atoms with Gasteiger partial charge in [0.2, 0.25) is 5.75 Å². The Morgan fingerprint density at radius 1 is 1.00 bits per heavy atom. The molecule has 0 N–H and O–H groups in total. The number of ether oxygens (including phenoxy) is 1. The number of hydrogen-bond acceptors (Lipinski definition) is 4. The van der Waals surface area contributed by atoms with Crippen molar-refractivity contribution in [3.8, 4) is 16.9 Å². The number of nitro groups is 1. The van der Waals surface area contributed by atoms with Gasteiger partial charge in [-0.15, -0.1) is 0 Å². The summed E-state index contributed by atoms with van der Waals surface area (Å²) < 4.78 is 6.08. The summed E-state index contributed by atoms with van der Waals surface area (Å²) in [5.41, 5.74) is 1.50. The molecule has 29 heavy (non-hydrogen) atoms. The van der Waals surface area contributed by atoms with E-state index in [1.54, 1.807) is 6.07 Å². The standard InChI is InChI=1S/C24H23NO4/c26-15-18-12-22(21-11-10-19-8-4-5-9-20(19)14-21)24(23(13-18)25(27)28)29-16-17-6-2-1-3-7-17/h4-5,8-15,17H,1-3,6-7,16H2. The van der Waals surface area contributed by atoms with E-state index in [2.05, 4.69) is 0 Å². The van der Waals surface area contributed by atoms with Crippen molar-refractivity contribution in [3.63, 3.8) is 0 Å². The van der Waals surface area contributed by atoms with Crippen molar-refractivity contribution in [1.82, 2.24) is 0 Å². The second kappa shape index (κ2) is 8.43. The lowest BCUT2D eigenvalue weighted by molar-refractivity contribution is -0.385. The first-order valence-electron chi connectivity index (χ1n) is 10.1. The van der Waals surface area contributed by atoms with Crippen LogP contribution in [0, 0.1) is 16.0 Å². The Morgan fingerprint density at radius 3 is 2.48 bits per heavy atom. The number of fused-ring (bicyclic) bond motifs is 1. The number of benzene rings is 3. The van der Waals surface area contributed by atoms with Crippen LogP contribution in [0.1, 0.15) is 42.5 Å². The van der Waals surface area contributed by atoms with Gasteiger partial charge in [-0.25, -0.2) is 0 Å². The fraction of sp³-hybridized carbons (Fsp3) is 0.292. The zero-order chi connectivity index (χ0) is 20.2. The van der Waals surface area contributed by atoms with E-state index in [1.807, 2.05) is 42.5 Å². The second-order valence-corrected chi connectivity index (χ2v) is 7.67. The normalized spacial score (nSPS) is 14.6. The van der Waals surface area contributed by atoms with Gasteiger partial charge in [-0.2, -0.15) is 0 Å². The fourth-order valence-electron chi connectivity index (χ4n) is 4.12. The number of rotatable bonds is 6. The number of carbonyl (C=O) groups excluding carboxylic acids is 1. The van der Waals surface area contributed by atoms with Crippen molar-refractivity contribution in [1.29, 1.82) is 0 Å². The highest BCUT2D eigenvalue weighted by molar-refractivity contribution is 5.91. The quantitative estimate of drug-likeness (QED) is 0.286. The lowest BCUT2D eigenvalue weighted by Crippen LogP contribution is -2.16. The molecule has 0 spiro atoms. The summed E-state index contributed by atoms with van der Waals surface area (Å²) in [6.07, 6.45) is 6.42. The molecule has 1 saturated carbocycles. The Labute approximate surface area is 169 Å². The van der Waals surface area contributed by atoms with Crippen LogP contribution in [0.3, 0.4) is 0 Å². The van der Waals surface area contributed by atoms with Crippen LogP contribution in [0.15, 0.2) is 54.6 Å². The fourth-order valence-corrected chi connectivity index (χ4v) is 4.12. The first kappa shape index (κ1) is 19.1. The van der Waals surface area contributed by atoms with E-state index < -0.39 is 4.92 Å². The number of aldehydes is 1. The smallest absolute Gasteiger partial charge is 0.312 e. The summed E-state index contributed by atoms with van der Waals surface area (Å²) in [6.45, 7) is 0.460. The molecule has 0 bridgehead atoms. The van der Waals surface area contributed by atoms with Gasteiger partial charge in [0.1, 0.15) is 6.29 Å². The predicted molar refractivity (Wildman–Crippen MR) is 113 cm³/mol. The Balaban J connectivity index is 1.79. The molecule has 1 aliphatic carbocycles. The summed E-state index contributed by atoms with van der Waals surface area (Å²) in [5.74, 6) is 0.667. The lowest BCUT2D eigenvalue weighted by Gasteiger charge is -2.22. The molecule has 0 heterocycles. The molecule has 3 aromatic rings.